The molecule has 0 fully saturated rings. The van der Waals surface area contributed by atoms with Crippen LogP contribution < -0.4 is 0 Å². The van der Waals surface area contributed by atoms with Crippen LogP contribution in [0.1, 0.15) is 0 Å². The third kappa shape index (κ3) is 3.79. The predicted molar refractivity (Wildman–Crippen MR) is 221 cm³/mol. The fourth-order valence-electron chi connectivity index (χ4n) is 8.69. The summed E-state index contributed by atoms with van der Waals surface area (Å²) in [5.41, 5.74) is 11.3. The van der Waals surface area contributed by atoms with E-state index in [0.29, 0.717) is 0 Å². The minimum atomic E-state index is 0.913. The summed E-state index contributed by atoms with van der Waals surface area (Å²) in [5, 5.41) is 9.69. The highest BCUT2D eigenvalue weighted by molar-refractivity contribution is 7.26. The maximum Gasteiger partial charge on any atom is 0.144 e. The molecule has 4 aromatic heterocycles. The van der Waals surface area contributed by atoms with Crippen molar-refractivity contribution < 1.29 is 4.42 Å². The molecular formula is C48H28N2OS. The quantitative estimate of drug-likeness (QED) is 0.182. The third-order valence-corrected chi connectivity index (χ3v) is 12.1. The number of aromatic nitrogens is 2. The molecule has 8 aromatic carbocycles. The van der Waals surface area contributed by atoms with Crippen LogP contribution in [0.3, 0.4) is 0 Å². The molecule has 0 atom stereocenters. The Morgan fingerprint density at radius 3 is 1.42 bits per heavy atom. The normalized spacial score (nSPS) is 12.2. The molecule has 4 heteroatoms. The van der Waals surface area contributed by atoms with Crippen molar-refractivity contribution in [3.05, 3.63) is 170 Å². The molecule has 0 aliphatic rings. The first-order chi connectivity index (χ1) is 25.8. The molecule has 12 rings (SSSR count). The maximum atomic E-state index is 6.68. The molecule has 0 radical (unpaired) electrons. The molecule has 0 amide bonds. The Hall–Kier alpha value is -6.62. The van der Waals surface area contributed by atoms with E-state index in [-0.39, 0.29) is 0 Å². The zero-order valence-electron chi connectivity index (χ0n) is 27.9. The standard InChI is InChI=1S/C48H28N2OS/c1-7-19-40-32(13-1)33-14-2-8-20-41(33)49(40)30-25-29(26-31(27-30)50-42-21-9-3-15-34(42)35-16-4-10-22-43(35)50)38-28-39-36-17-5-11-23-44(36)51-47(39)46-37-18-6-12-24-45(37)52-48(38)46/h1-28H. The first kappa shape index (κ1) is 28.1. The van der Waals surface area contributed by atoms with Gasteiger partial charge in [-0.1, -0.05) is 109 Å². The van der Waals surface area contributed by atoms with E-state index in [1.54, 1.807) is 0 Å². The molecular weight excluding hydrogens is 653 g/mol. The van der Waals surface area contributed by atoms with E-state index in [4.69, 9.17) is 4.42 Å². The van der Waals surface area contributed by atoms with Crippen molar-refractivity contribution in [3.8, 4) is 22.5 Å². The lowest BCUT2D eigenvalue weighted by atomic mass is 9.98. The summed E-state index contributed by atoms with van der Waals surface area (Å²) in [7, 11) is 0. The van der Waals surface area contributed by atoms with Crippen molar-refractivity contribution in [3.63, 3.8) is 0 Å². The third-order valence-electron chi connectivity index (χ3n) is 10.9. The molecule has 52 heavy (non-hydrogen) atoms. The summed E-state index contributed by atoms with van der Waals surface area (Å²) < 4.78 is 14.1. The lowest BCUT2D eigenvalue weighted by Gasteiger charge is -2.16. The zero-order valence-corrected chi connectivity index (χ0v) is 28.7. The lowest BCUT2D eigenvalue weighted by Crippen LogP contribution is -2.00. The van der Waals surface area contributed by atoms with E-state index < -0.39 is 0 Å². The number of para-hydroxylation sites is 5. The largest absolute Gasteiger partial charge is 0.455 e. The van der Waals surface area contributed by atoms with Gasteiger partial charge in [-0.2, -0.15) is 0 Å². The summed E-state index contributed by atoms with van der Waals surface area (Å²) >= 11 is 1.85. The number of rotatable bonds is 3. The number of nitrogens with zero attached hydrogens (tertiary/aromatic N) is 2. The van der Waals surface area contributed by atoms with Gasteiger partial charge in [-0.3, -0.25) is 0 Å². The highest BCUT2D eigenvalue weighted by Crippen LogP contribution is 2.48. The van der Waals surface area contributed by atoms with Crippen molar-refractivity contribution in [1.82, 2.24) is 9.13 Å². The summed E-state index contributed by atoms with van der Waals surface area (Å²) in [6.07, 6.45) is 0. The van der Waals surface area contributed by atoms with E-state index in [0.717, 1.165) is 33.3 Å². The van der Waals surface area contributed by atoms with Gasteiger partial charge >= 0.3 is 0 Å². The summed E-state index contributed by atoms with van der Waals surface area (Å²) in [5.74, 6) is 0. The molecule has 242 valence electrons. The van der Waals surface area contributed by atoms with Crippen LogP contribution in [0, 0.1) is 0 Å². The highest BCUT2D eigenvalue weighted by atomic mass is 32.1. The second-order valence-electron chi connectivity index (χ2n) is 13.7. The molecule has 0 N–H and O–H groups in total. The van der Waals surface area contributed by atoms with Crippen LogP contribution in [0.2, 0.25) is 0 Å². The van der Waals surface area contributed by atoms with Gasteiger partial charge in [0.25, 0.3) is 0 Å². The summed E-state index contributed by atoms with van der Waals surface area (Å²) in [6, 6.07) is 61.8. The summed E-state index contributed by atoms with van der Waals surface area (Å²) in [4.78, 5) is 0. The number of fused-ring (bicyclic) bond motifs is 13. The van der Waals surface area contributed by atoms with Crippen LogP contribution in [0.5, 0.6) is 0 Å². The van der Waals surface area contributed by atoms with Gasteiger partial charge in [-0.25, -0.2) is 0 Å². The summed E-state index contributed by atoms with van der Waals surface area (Å²) in [6.45, 7) is 0. The Morgan fingerprint density at radius 1 is 0.404 bits per heavy atom. The molecule has 0 bridgehead atoms. The molecule has 0 spiro atoms. The van der Waals surface area contributed by atoms with E-state index in [1.807, 2.05) is 11.3 Å². The van der Waals surface area contributed by atoms with Gasteiger partial charge in [0, 0.05) is 69.4 Å². The van der Waals surface area contributed by atoms with E-state index in [9.17, 15) is 0 Å². The van der Waals surface area contributed by atoms with Gasteiger partial charge in [0.05, 0.1) is 22.1 Å². The van der Waals surface area contributed by atoms with Crippen molar-refractivity contribution >= 4 is 97.1 Å². The Morgan fingerprint density at radius 2 is 0.865 bits per heavy atom. The number of benzene rings is 8. The smallest absolute Gasteiger partial charge is 0.144 e. The van der Waals surface area contributed by atoms with Crippen LogP contribution in [0.4, 0.5) is 0 Å². The molecule has 0 saturated carbocycles. The Balaban J connectivity index is 1.26. The number of hydrogen-bond donors (Lipinski definition) is 0. The maximum absolute atomic E-state index is 6.68. The number of furan rings is 1. The molecule has 0 aliphatic heterocycles. The van der Waals surface area contributed by atoms with E-state index >= 15 is 0 Å². The fraction of sp³-hybridized carbons (Fsp3) is 0. The first-order valence-electron chi connectivity index (χ1n) is 17.7. The number of hydrogen-bond acceptors (Lipinski definition) is 2. The van der Waals surface area contributed by atoms with Gasteiger partial charge in [-0.05, 0) is 66.2 Å². The van der Waals surface area contributed by atoms with Crippen LogP contribution in [0.15, 0.2) is 174 Å². The van der Waals surface area contributed by atoms with Gasteiger partial charge < -0.3 is 13.6 Å². The van der Waals surface area contributed by atoms with Crippen molar-refractivity contribution in [2.45, 2.75) is 0 Å². The van der Waals surface area contributed by atoms with Crippen LogP contribution >= 0.6 is 11.3 Å². The molecule has 0 saturated heterocycles. The average Bonchev–Trinajstić information content (AvgIpc) is 3.95. The molecule has 0 aliphatic carbocycles. The first-order valence-corrected chi connectivity index (χ1v) is 18.5. The SMILES string of the molecule is c1ccc2c(c1)oc1c2cc(-c2cc(-n3c4ccccc4c4ccccc43)cc(-n3c4ccccc4c4ccccc43)c2)c2sc3ccccc3c21. The molecule has 12 aromatic rings. The van der Waals surface area contributed by atoms with Gasteiger partial charge in [0.1, 0.15) is 11.2 Å². The molecule has 4 heterocycles. The van der Waals surface area contributed by atoms with Crippen molar-refractivity contribution in [1.29, 1.82) is 0 Å². The predicted octanol–water partition coefficient (Wildman–Crippen LogP) is 13.8. The second kappa shape index (κ2) is 10.5. The Labute approximate surface area is 301 Å². The van der Waals surface area contributed by atoms with Crippen molar-refractivity contribution in [2.75, 3.05) is 0 Å². The van der Waals surface area contributed by atoms with Crippen molar-refractivity contribution in [2.24, 2.45) is 0 Å². The number of thiophene rings is 1. The Kier molecular flexibility index (Phi) is 5.65. The second-order valence-corrected chi connectivity index (χ2v) is 14.7. The molecule has 0 unspecified atom stereocenters. The zero-order chi connectivity index (χ0) is 33.9. The van der Waals surface area contributed by atoms with Crippen LogP contribution in [0.25, 0.3) is 108 Å². The van der Waals surface area contributed by atoms with Gasteiger partial charge in [0.2, 0.25) is 0 Å². The van der Waals surface area contributed by atoms with Crippen LogP contribution in [-0.2, 0) is 0 Å². The topological polar surface area (TPSA) is 23.0 Å². The van der Waals surface area contributed by atoms with Crippen LogP contribution in [-0.4, -0.2) is 9.13 Å². The lowest BCUT2D eigenvalue weighted by molar-refractivity contribution is 0.673. The molecule has 3 nitrogen and oxygen atoms in total. The minimum Gasteiger partial charge on any atom is -0.455 e. The fourth-order valence-corrected chi connectivity index (χ4v) is 9.93. The van der Waals surface area contributed by atoms with E-state index in [2.05, 4.69) is 179 Å². The Bertz CT molecular complexity index is 3190. The average molecular weight is 681 g/mol. The monoisotopic (exact) mass is 680 g/mol. The minimum absolute atomic E-state index is 0.913. The van der Waals surface area contributed by atoms with E-state index in [1.165, 1.54) is 74.9 Å². The van der Waals surface area contributed by atoms with Gasteiger partial charge in [-0.15, -0.1) is 11.3 Å². The van der Waals surface area contributed by atoms with Gasteiger partial charge in [0.15, 0.2) is 0 Å². The highest BCUT2D eigenvalue weighted by Gasteiger charge is 2.22.